The first-order valence-corrected chi connectivity index (χ1v) is 8.53. The van der Waals surface area contributed by atoms with Crippen LogP contribution in [0.25, 0.3) is 0 Å². The molecule has 112 valence electrons. The molecule has 1 aromatic rings. The molecule has 1 nitrogen and oxygen atoms in total. The lowest BCUT2D eigenvalue weighted by Crippen LogP contribution is -2.34. The third kappa shape index (κ3) is 4.09. The minimum atomic E-state index is 0.315. The van der Waals surface area contributed by atoms with Crippen molar-refractivity contribution in [2.24, 2.45) is 17.6 Å². The van der Waals surface area contributed by atoms with Gasteiger partial charge in [0.05, 0.1) is 0 Å². The topological polar surface area (TPSA) is 26.0 Å². The second kappa shape index (κ2) is 7.83. The SMILES string of the molecule is CCC(C)C(c1ccccc1)C(N)CC1CCCCC1. The molecule has 1 aliphatic carbocycles. The highest BCUT2D eigenvalue weighted by Gasteiger charge is 2.27. The predicted octanol–water partition coefficient (Wildman–Crippen LogP) is 5.11. The van der Waals surface area contributed by atoms with Gasteiger partial charge in [-0.05, 0) is 23.8 Å². The molecule has 1 fully saturated rings. The molecule has 1 saturated carbocycles. The Hall–Kier alpha value is -0.820. The number of nitrogens with two attached hydrogens (primary N) is 1. The Balaban J connectivity index is 2.05. The van der Waals surface area contributed by atoms with Crippen LogP contribution in [0.3, 0.4) is 0 Å². The number of hydrogen-bond donors (Lipinski definition) is 1. The molecule has 3 unspecified atom stereocenters. The highest BCUT2D eigenvalue weighted by atomic mass is 14.7. The van der Waals surface area contributed by atoms with E-state index < -0.39 is 0 Å². The standard InChI is InChI=1S/C19H31N/c1-3-15(2)19(17-12-8-5-9-13-17)18(20)14-16-10-6-4-7-11-16/h5,8-9,12-13,15-16,18-19H,3-4,6-7,10-11,14,20H2,1-2H3. The summed E-state index contributed by atoms with van der Waals surface area (Å²) in [5.41, 5.74) is 8.09. The Morgan fingerprint density at radius 1 is 1.10 bits per heavy atom. The van der Waals surface area contributed by atoms with Gasteiger partial charge in [0.1, 0.15) is 0 Å². The van der Waals surface area contributed by atoms with Crippen molar-refractivity contribution < 1.29 is 0 Å². The van der Waals surface area contributed by atoms with Gasteiger partial charge in [0, 0.05) is 12.0 Å². The summed E-state index contributed by atoms with van der Waals surface area (Å²) in [6, 6.07) is 11.2. The number of hydrogen-bond acceptors (Lipinski definition) is 1. The van der Waals surface area contributed by atoms with E-state index in [-0.39, 0.29) is 0 Å². The number of benzene rings is 1. The second-order valence-corrected chi connectivity index (χ2v) is 6.73. The first-order chi connectivity index (χ1) is 9.72. The first-order valence-electron chi connectivity index (χ1n) is 8.53. The quantitative estimate of drug-likeness (QED) is 0.765. The van der Waals surface area contributed by atoms with Gasteiger partial charge in [-0.25, -0.2) is 0 Å². The van der Waals surface area contributed by atoms with Gasteiger partial charge in [0.25, 0.3) is 0 Å². The third-order valence-electron chi connectivity index (χ3n) is 5.23. The van der Waals surface area contributed by atoms with Crippen molar-refractivity contribution in [2.75, 3.05) is 0 Å². The molecule has 0 aliphatic heterocycles. The molecule has 2 N–H and O–H groups in total. The Morgan fingerprint density at radius 3 is 2.35 bits per heavy atom. The lowest BCUT2D eigenvalue weighted by atomic mass is 9.75. The number of rotatable bonds is 6. The van der Waals surface area contributed by atoms with Crippen LogP contribution in [0.1, 0.15) is 70.3 Å². The van der Waals surface area contributed by atoms with Crippen LogP contribution in [0, 0.1) is 11.8 Å². The van der Waals surface area contributed by atoms with Gasteiger partial charge >= 0.3 is 0 Å². The van der Waals surface area contributed by atoms with Crippen molar-refractivity contribution in [1.82, 2.24) is 0 Å². The Morgan fingerprint density at radius 2 is 1.75 bits per heavy atom. The van der Waals surface area contributed by atoms with Crippen LogP contribution in [-0.4, -0.2) is 6.04 Å². The maximum atomic E-state index is 6.66. The van der Waals surface area contributed by atoms with Crippen LogP contribution >= 0.6 is 0 Å². The first kappa shape index (κ1) is 15.6. The molecule has 0 radical (unpaired) electrons. The van der Waals surface area contributed by atoms with E-state index in [2.05, 4.69) is 44.2 Å². The molecule has 2 rings (SSSR count). The summed E-state index contributed by atoms with van der Waals surface area (Å²) in [4.78, 5) is 0. The van der Waals surface area contributed by atoms with Gasteiger partial charge in [-0.1, -0.05) is 82.7 Å². The van der Waals surface area contributed by atoms with E-state index in [1.54, 1.807) is 0 Å². The Kier molecular flexibility index (Phi) is 6.09. The maximum absolute atomic E-state index is 6.66. The van der Waals surface area contributed by atoms with Crippen LogP contribution in [-0.2, 0) is 0 Å². The van der Waals surface area contributed by atoms with E-state index in [0.29, 0.717) is 17.9 Å². The highest BCUT2D eigenvalue weighted by molar-refractivity contribution is 5.22. The van der Waals surface area contributed by atoms with Gasteiger partial charge in [0.2, 0.25) is 0 Å². The smallest absolute Gasteiger partial charge is 0.0113 e. The Labute approximate surface area is 125 Å². The summed E-state index contributed by atoms with van der Waals surface area (Å²) in [5, 5.41) is 0. The van der Waals surface area contributed by atoms with Gasteiger partial charge in [-0.2, -0.15) is 0 Å². The fourth-order valence-electron chi connectivity index (χ4n) is 3.88. The fourth-order valence-corrected chi connectivity index (χ4v) is 3.88. The molecule has 1 aliphatic rings. The van der Waals surface area contributed by atoms with Gasteiger partial charge in [0.15, 0.2) is 0 Å². The zero-order valence-electron chi connectivity index (χ0n) is 13.2. The van der Waals surface area contributed by atoms with Crippen LogP contribution in [0.2, 0.25) is 0 Å². The van der Waals surface area contributed by atoms with Crippen molar-refractivity contribution in [3.63, 3.8) is 0 Å². The zero-order valence-corrected chi connectivity index (χ0v) is 13.2. The lowest BCUT2D eigenvalue weighted by molar-refractivity contribution is 0.277. The van der Waals surface area contributed by atoms with Crippen molar-refractivity contribution in [3.05, 3.63) is 35.9 Å². The largest absolute Gasteiger partial charge is 0.327 e. The van der Waals surface area contributed by atoms with E-state index in [1.165, 1.54) is 50.5 Å². The third-order valence-corrected chi connectivity index (χ3v) is 5.23. The molecule has 1 aromatic carbocycles. The summed E-state index contributed by atoms with van der Waals surface area (Å²) in [7, 11) is 0. The van der Waals surface area contributed by atoms with Gasteiger partial charge < -0.3 is 5.73 Å². The molecule has 0 aromatic heterocycles. The van der Waals surface area contributed by atoms with Crippen molar-refractivity contribution in [2.45, 2.75) is 70.8 Å². The van der Waals surface area contributed by atoms with Gasteiger partial charge in [-0.3, -0.25) is 0 Å². The van der Waals surface area contributed by atoms with E-state index >= 15 is 0 Å². The minimum Gasteiger partial charge on any atom is -0.327 e. The summed E-state index contributed by atoms with van der Waals surface area (Å²) in [5.74, 6) is 2.05. The van der Waals surface area contributed by atoms with Crippen LogP contribution < -0.4 is 5.73 Å². The molecule has 3 atom stereocenters. The van der Waals surface area contributed by atoms with Crippen LogP contribution in [0.4, 0.5) is 0 Å². The van der Waals surface area contributed by atoms with Crippen LogP contribution in [0.5, 0.6) is 0 Å². The molecule has 0 amide bonds. The predicted molar refractivity (Wildman–Crippen MR) is 87.8 cm³/mol. The van der Waals surface area contributed by atoms with E-state index in [4.69, 9.17) is 5.73 Å². The van der Waals surface area contributed by atoms with E-state index in [1.807, 2.05) is 0 Å². The molecule has 0 spiro atoms. The molecule has 0 saturated heterocycles. The van der Waals surface area contributed by atoms with Crippen LogP contribution in [0.15, 0.2) is 30.3 Å². The van der Waals surface area contributed by atoms with E-state index in [0.717, 1.165) is 5.92 Å². The molecule has 0 bridgehead atoms. The summed E-state index contributed by atoms with van der Waals surface area (Å²) in [6.07, 6.45) is 9.47. The highest BCUT2D eigenvalue weighted by Crippen LogP contribution is 2.35. The monoisotopic (exact) mass is 273 g/mol. The fraction of sp³-hybridized carbons (Fsp3) is 0.684. The zero-order chi connectivity index (χ0) is 14.4. The van der Waals surface area contributed by atoms with E-state index in [9.17, 15) is 0 Å². The van der Waals surface area contributed by atoms with Crippen molar-refractivity contribution in [1.29, 1.82) is 0 Å². The second-order valence-electron chi connectivity index (χ2n) is 6.73. The summed E-state index contributed by atoms with van der Waals surface area (Å²) >= 11 is 0. The van der Waals surface area contributed by atoms with Crippen molar-refractivity contribution >= 4 is 0 Å². The van der Waals surface area contributed by atoms with Crippen molar-refractivity contribution in [3.8, 4) is 0 Å². The average Bonchev–Trinajstić information content (AvgIpc) is 2.49. The summed E-state index contributed by atoms with van der Waals surface area (Å²) < 4.78 is 0. The maximum Gasteiger partial charge on any atom is 0.0113 e. The average molecular weight is 273 g/mol. The molecule has 0 heterocycles. The van der Waals surface area contributed by atoms with Gasteiger partial charge in [-0.15, -0.1) is 0 Å². The molecule has 1 heteroatoms. The summed E-state index contributed by atoms with van der Waals surface area (Å²) in [6.45, 7) is 4.65. The normalized spacial score (nSPS) is 21.4. The molecular formula is C19H31N. The molecular weight excluding hydrogens is 242 g/mol. The Bertz CT molecular complexity index is 367. The minimum absolute atomic E-state index is 0.315. The molecule has 20 heavy (non-hydrogen) atoms. The lowest BCUT2D eigenvalue weighted by Gasteiger charge is -2.33.